The standard InChI is InChI=1S/C34H41N3O7S/c1-20-10-7-8-11-23(20)18-35-32(41)30-34(3,4)45-19-37(30)33(42)29(39)27(16-22-14-24(43-5)17-25(15-22)44-6)36-31(40)26-12-9-13-28(38)21(26)2/h7-15,17,27,29-30,38-39H,16,18-19H2,1-6H3,(H,35,41)(H,36,40)/t27-,29-,30?/m0/s1. The maximum atomic E-state index is 14.0. The van der Waals surface area contributed by atoms with E-state index >= 15 is 0 Å². The van der Waals surface area contributed by atoms with Crippen LogP contribution in [0.1, 0.15) is 46.5 Å². The van der Waals surface area contributed by atoms with E-state index in [1.54, 1.807) is 37.3 Å². The molecule has 1 aliphatic heterocycles. The van der Waals surface area contributed by atoms with Crippen LogP contribution in [0.4, 0.5) is 0 Å². The summed E-state index contributed by atoms with van der Waals surface area (Å²) < 4.78 is 10.1. The van der Waals surface area contributed by atoms with Crippen molar-refractivity contribution in [2.45, 2.75) is 63.6 Å². The number of aryl methyl sites for hydroxylation is 1. The van der Waals surface area contributed by atoms with Gasteiger partial charge in [0.15, 0.2) is 6.10 Å². The second kappa shape index (κ2) is 14.3. The average Bonchev–Trinajstić information content (AvgIpc) is 3.35. The molecule has 10 nitrogen and oxygen atoms in total. The number of phenolic OH excluding ortho intramolecular Hbond substituents is 1. The minimum atomic E-state index is -1.70. The number of methoxy groups -OCH3 is 2. The molecule has 0 aromatic heterocycles. The first-order valence-corrected chi connectivity index (χ1v) is 15.6. The Labute approximate surface area is 268 Å². The van der Waals surface area contributed by atoms with Gasteiger partial charge in [-0.25, -0.2) is 0 Å². The number of thioether (sulfide) groups is 1. The number of aliphatic hydroxyl groups excluding tert-OH is 1. The predicted octanol–water partition coefficient (Wildman–Crippen LogP) is 3.72. The van der Waals surface area contributed by atoms with Crippen molar-refractivity contribution < 1.29 is 34.1 Å². The Hall–Kier alpha value is -4.22. The highest BCUT2D eigenvalue weighted by Gasteiger charge is 2.49. The van der Waals surface area contributed by atoms with Crippen molar-refractivity contribution in [1.29, 1.82) is 0 Å². The maximum Gasteiger partial charge on any atom is 0.254 e. The lowest BCUT2D eigenvalue weighted by Gasteiger charge is -2.33. The van der Waals surface area contributed by atoms with Gasteiger partial charge >= 0.3 is 0 Å². The van der Waals surface area contributed by atoms with E-state index in [9.17, 15) is 24.6 Å². The molecule has 0 spiro atoms. The Bertz CT molecular complexity index is 1540. The fraction of sp³-hybridized carbons (Fsp3) is 0.382. The van der Waals surface area contributed by atoms with Gasteiger partial charge in [-0.15, -0.1) is 11.8 Å². The lowest BCUT2D eigenvalue weighted by atomic mass is 9.96. The minimum Gasteiger partial charge on any atom is -0.508 e. The van der Waals surface area contributed by atoms with Crippen LogP contribution in [0.25, 0.3) is 0 Å². The average molecular weight is 636 g/mol. The number of rotatable bonds is 11. The van der Waals surface area contributed by atoms with Crippen LogP contribution in [0.2, 0.25) is 0 Å². The molecule has 1 heterocycles. The van der Waals surface area contributed by atoms with Crippen LogP contribution in [0.5, 0.6) is 17.2 Å². The second-order valence-electron chi connectivity index (χ2n) is 11.6. The van der Waals surface area contributed by atoms with E-state index in [0.717, 1.165) is 11.1 Å². The molecule has 4 rings (SSSR count). The van der Waals surface area contributed by atoms with Gasteiger partial charge in [0.05, 0.1) is 26.1 Å². The Morgan fingerprint density at radius 2 is 1.69 bits per heavy atom. The summed E-state index contributed by atoms with van der Waals surface area (Å²) in [6.45, 7) is 7.65. The highest BCUT2D eigenvalue weighted by atomic mass is 32.2. The van der Waals surface area contributed by atoms with E-state index in [-0.39, 0.29) is 29.5 Å². The molecule has 1 aliphatic rings. The van der Waals surface area contributed by atoms with Gasteiger partial charge in [-0.3, -0.25) is 14.4 Å². The Kier molecular flexibility index (Phi) is 10.7. The number of nitrogens with zero attached hydrogens (tertiary/aromatic N) is 1. The number of carbonyl (C=O) groups excluding carboxylic acids is 3. The van der Waals surface area contributed by atoms with Crippen molar-refractivity contribution in [3.05, 3.63) is 88.5 Å². The molecule has 1 saturated heterocycles. The lowest BCUT2D eigenvalue weighted by molar-refractivity contribution is -0.147. The Morgan fingerprint density at radius 1 is 1.02 bits per heavy atom. The fourth-order valence-electron chi connectivity index (χ4n) is 5.44. The zero-order valence-corrected chi connectivity index (χ0v) is 27.2. The summed E-state index contributed by atoms with van der Waals surface area (Å²) in [7, 11) is 3.02. The summed E-state index contributed by atoms with van der Waals surface area (Å²) in [5.74, 6) is -0.448. The molecule has 1 unspecified atom stereocenters. The van der Waals surface area contributed by atoms with Gasteiger partial charge in [0.25, 0.3) is 11.8 Å². The molecule has 0 saturated carbocycles. The van der Waals surface area contributed by atoms with E-state index in [4.69, 9.17) is 9.47 Å². The third-order valence-electron chi connectivity index (χ3n) is 8.16. The van der Waals surface area contributed by atoms with E-state index in [1.165, 1.54) is 36.9 Å². The molecule has 3 aromatic carbocycles. The number of hydrogen-bond donors (Lipinski definition) is 4. The number of nitrogens with one attached hydrogen (secondary N) is 2. The fourth-order valence-corrected chi connectivity index (χ4v) is 6.58. The summed E-state index contributed by atoms with van der Waals surface area (Å²) >= 11 is 1.44. The van der Waals surface area contributed by atoms with Crippen LogP contribution in [0, 0.1) is 13.8 Å². The van der Waals surface area contributed by atoms with Crippen molar-refractivity contribution in [1.82, 2.24) is 15.5 Å². The summed E-state index contributed by atoms with van der Waals surface area (Å²) in [6.07, 6.45) is -1.66. The lowest BCUT2D eigenvalue weighted by Crippen LogP contribution is -2.58. The second-order valence-corrected chi connectivity index (χ2v) is 13.2. The molecular weight excluding hydrogens is 594 g/mol. The molecule has 3 atom stereocenters. The summed E-state index contributed by atoms with van der Waals surface area (Å²) in [6, 6.07) is 15.5. The number of aliphatic hydroxyl groups is 1. The first kappa shape index (κ1) is 33.7. The van der Waals surface area contributed by atoms with Gasteiger partial charge < -0.3 is 35.2 Å². The van der Waals surface area contributed by atoms with Crippen LogP contribution in [0.3, 0.4) is 0 Å². The number of amides is 3. The molecule has 240 valence electrons. The normalized spacial score (nSPS) is 16.9. The van der Waals surface area contributed by atoms with Gasteiger partial charge in [0, 0.05) is 28.5 Å². The Morgan fingerprint density at radius 3 is 2.33 bits per heavy atom. The van der Waals surface area contributed by atoms with Gasteiger partial charge in [-0.1, -0.05) is 30.3 Å². The molecule has 1 fully saturated rings. The van der Waals surface area contributed by atoms with Crippen LogP contribution in [-0.4, -0.2) is 75.9 Å². The third kappa shape index (κ3) is 7.72. The van der Waals surface area contributed by atoms with Crippen LogP contribution in [0.15, 0.2) is 60.7 Å². The minimum absolute atomic E-state index is 0.0403. The largest absolute Gasteiger partial charge is 0.508 e. The van der Waals surface area contributed by atoms with Crippen molar-refractivity contribution in [3.63, 3.8) is 0 Å². The Balaban J connectivity index is 1.62. The van der Waals surface area contributed by atoms with E-state index in [0.29, 0.717) is 29.2 Å². The monoisotopic (exact) mass is 635 g/mol. The number of hydrogen-bond acceptors (Lipinski definition) is 8. The number of ether oxygens (including phenoxy) is 2. The predicted molar refractivity (Wildman–Crippen MR) is 174 cm³/mol. The topological polar surface area (TPSA) is 137 Å². The molecule has 0 aliphatic carbocycles. The molecule has 11 heteroatoms. The first-order chi connectivity index (χ1) is 21.4. The van der Waals surface area contributed by atoms with Crippen molar-refractivity contribution in [2.75, 3.05) is 20.1 Å². The van der Waals surface area contributed by atoms with Crippen molar-refractivity contribution >= 4 is 29.5 Å². The number of phenols is 1. The molecule has 3 amide bonds. The van der Waals surface area contributed by atoms with Crippen LogP contribution in [-0.2, 0) is 22.6 Å². The molecule has 45 heavy (non-hydrogen) atoms. The number of aromatic hydroxyl groups is 1. The molecule has 4 N–H and O–H groups in total. The van der Waals surface area contributed by atoms with Crippen LogP contribution < -0.4 is 20.1 Å². The van der Waals surface area contributed by atoms with Gasteiger partial charge in [0.2, 0.25) is 5.91 Å². The quantitative estimate of drug-likeness (QED) is 0.250. The van der Waals surface area contributed by atoms with Gasteiger partial charge in [-0.05, 0) is 75.1 Å². The number of benzene rings is 3. The molecule has 0 radical (unpaired) electrons. The smallest absolute Gasteiger partial charge is 0.254 e. The summed E-state index contributed by atoms with van der Waals surface area (Å²) in [4.78, 5) is 42.5. The SMILES string of the molecule is COc1cc(C[C@H](NC(=O)c2cccc(O)c2C)[C@H](O)C(=O)N2CSC(C)(C)C2C(=O)NCc2ccccc2C)cc(OC)c1. The summed E-state index contributed by atoms with van der Waals surface area (Å²) in [5.41, 5.74) is 3.21. The van der Waals surface area contributed by atoms with Crippen molar-refractivity contribution in [2.24, 2.45) is 0 Å². The zero-order chi connectivity index (χ0) is 32.9. The molecule has 3 aromatic rings. The van der Waals surface area contributed by atoms with Crippen molar-refractivity contribution in [3.8, 4) is 17.2 Å². The summed E-state index contributed by atoms with van der Waals surface area (Å²) in [5, 5.41) is 27.6. The van der Waals surface area contributed by atoms with E-state index in [1.807, 2.05) is 45.0 Å². The van der Waals surface area contributed by atoms with E-state index < -0.39 is 34.7 Å². The molecular formula is C34H41N3O7S. The van der Waals surface area contributed by atoms with Gasteiger partial charge in [-0.2, -0.15) is 0 Å². The van der Waals surface area contributed by atoms with Crippen LogP contribution >= 0.6 is 11.8 Å². The maximum absolute atomic E-state index is 14.0. The third-order valence-corrected chi connectivity index (χ3v) is 9.53. The number of carbonyl (C=O) groups is 3. The zero-order valence-electron chi connectivity index (χ0n) is 26.4. The van der Waals surface area contributed by atoms with E-state index in [2.05, 4.69) is 10.6 Å². The highest BCUT2D eigenvalue weighted by Crippen LogP contribution is 2.40. The molecule has 0 bridgehead atoms. The van der Waals surface area contributed by atoms with Gasteiger partial charge in [0.1, 0.15) is 23.3 Å². The first-order valence-electron chi connectivity index (χ1n) is 14.6. The highest BCUT2D eigenvalue weighted by molar-refractivity contribution is 8.00.